The fourth-order valence-corrected chi connectivity index (χ4v) is 2.62. The molecule has 8 heteroatoms. The van der Waals surface area contributed by atoms with E-state index in [1.54, 1.807) is 17.0 Å². The highest BCUT2D eigenvalue weighted by Crippen LogP contribution is 2.17. The number of rotatable bonds is 4. The minimum atomic E-state index is -0.150. The minimum absolute atomic E-state index is 0.150. The van der Waals surface area contributed by atoms with Gasteiger partial charge < -0.3 is 5.32 Å². The molecule has 1 N–H and O–H groups in total. The van der Waals surface area contributed by atoms with Crippen molar-refractivity contribution >= 4 is 29.3 Å². The van der Waals surface area contributed by atoms with Crippen LogP contribution in [0.5, 0.6) is 0 Å². The zero-order valence-electron chi connectivity index (χ0n) is 13.3. The lowest BCUT2D eigenvalue weighted by atomic mass is 10.3. The van der Waals surface area contributed by atoms with E-state index < -0.39 is 0 Å². The second-order valence-corrected chi connectivity index (χ2v) is 5.80. The van der Waals surface area contributed by atoms with Gasteiger partial charge in [-0.3, -0.25) is 19.1 Å². The van der Waals surface area contributed by atoms with Crippen molar-refractivity contribution in [2.75, 3.05) is 0 Å². The maximum Gasteiger partial charge on any atom is 0.276 e. The molecular formula is C15H18N6OS. The van der Waals surface area contributed by atoms with Crippen LogP contribution >= 0.6 is 12.2 Å². The first-order valence-corrected chi connectivity index (χ1v) is 7.75. The van der Waals surface area contributed by atoms with E-state index in [4.69, 9.17) is 12.2 Å². The maximum absolute atomic E-state index is 12.5. The van der Waals surface area contributed by atoms with Gasteiger partial charge in [-0.05, 0) is 38.2 Å². The van der Waals surface area contributed by atoms with Gasteiger partial charge in [0.1, 0.15) is 5.70 Å². The van der Waals surface area contributed by atoms with Crippen LogP contribution in [0.25, 0.3) is 6.08 Å². The van der Waals surface area contributed by atoms with Crippen molar-refractivity contribution < 1.29 is 4.79 Å². The Kier molecular flexibility index (Phi) is 3.99. The van der Waals surface area contributed by atoms with Crippen molar-refractivity contribution in [2.24, 2.45) is 7.05 Å². The quantitative estimate of drug-likeness (QED) is 0.674. The van der Waals surface area contributed by atoms with Gasteiger partial charge in [0, 0.05) is 31.0 Å². The Hall–Kier alpha value is -2.48. The third-order valence-corrected chi connectivity index (χ3v) is 4.06. The molecule has 7 nitrogen and oxygen atoms in total. The zero-order valence-corrected chi connectivity index (χ0v) is 14.1. The van der Waals surface area contributed by atoms with Crippen LogP contribution in [-0.4, -0.2) is 35.5 Å². The first kappa shape index (κ1) is 15.4. The van der Waals surface area contributed by atoms with Crippen molar-refractivity contribution in [2.45, 2.75) is 26.9 Å². The summed E-state index contributed by atoms with van der Waals surface area (Å²) in [6.07, 6.45) is 5.39. The highest BCUT2D eigenvalue weighted by atomic mass is 32.1. The Morgan fingerprint density at radius 1 is 1.43 bits per heavy atom. The number of aromatic nitrogens is 4. The molecule has 2 aromatic heterocycles. The van der Waals surface area contributed by atoms with Crippen LogP contribution in [-0.2, 0) is 24.9 Å². The molecule has 0 unspecified atom stereocenters. The fraction of sp³-hybridized carbons (Fsp3) is 0.333. The lowest BCUT2D eigenvalue weighted by molar-refractivity contribution is -0.122. The van der Waals surface area contributed by atoms with Crippen LogP contribution in [0.15, 0.2) is 24.2 Å². The molecule has 0 aromatic carbocycles. The summed E-state index contributed by atoms with van der Waals surface area (Å²) in [5, 5.41) is 11.9. The number of hydrogen-bond donors (Lipinski definition) is 1. The van der Waals surface area contributed by atoms with Crippen LogP contribution in [0.1, 0.15) is 23.9 Å². The smallest absolute Gasteiger partial charge is 0.276 e. The summed E-state index contributed by atoms with van der Waals surface area (Å²) in [6, 6.07) is 1.92. The van der Waals surface area contributed by atoms with Gasteiger partial charge in [-0.2, -0.15) is 10.2 Å². The summed E-state index contributed by atoms with van der Waals surface area (Å²) in [5.41, 5.74) is 3.13. The van der Waals surface area contributed by atoms with E-state index in [9.17, 15) is 4.79 Å². The molecule has 1 aliphatic heterocycles. The molecule has 0 aliphatic carbocycles. The molecule has 1 amide bonds. The van der Waals surface area contributed by atoms with E-state index >= 15 is 0 Å². The molecule has 23 heavy (non-hydrogen) atoms. The summed E-state index contributed by atoms with van der Waals surface area (Å²) in [7, 11) is 1.86. The van der Waals surface area contributed by atoms with Crippen molar-refractivity contribution in [1.82, 2.24) is 29.8 Å². The Balaban J connectivity index is 1.79. The lowest BCUT2D eigenvalue weighted by Gasteiger charge is -2.12. The fourth-order valence-electron chi connectivity index (χ4n) is 2.37. The summed E-state index contributed by atoms with van der Waals surface area (Å²) in [5.74, 6) is -0.150. The Morgan fingerprint density at radius 3 is 2.83 bits per heavy atom. The third-order valence-electron chi connectivity index (χ3n) is 3.74. The van der Waals surface area contributed by atoms with E-state index in [2.05, 4.69) is 15.5 Å². The van der Waals surface area contributed by atoms with E-state index in [0.717, 1.165) is 23.5 Å². The standard InChI is InChI=1S/C15H18N6OS/c1-4-20-8-11(7-16-20)9-21-14(22)13(17-15(21)23)6-12-5-10(2)19(3)18-12/h5-8H,4,9H2,1-3H3,(H,17,23)/b13-6+. The highest BCUT2D eigenvalue weighted by Gasteiger charge is 2.31. The number of nitrogens with zero attached hydrogens (tertiary/aromatic N) is 5. The van der Waals surface area contributed by atoms with Gasteiger partial charge in [0.15, 0.2) is 5.11 Å². The van der Waals surface area contributed by atoms with E-state index in [-0.39, 0.29) is 5.91 Å². The molecule has 2 aromatic rings. The number of nitrogens with one attached hydrogen (secondary N) is 1. The summed E-state index contributed by atoms with van der Waals surface area (Å²) in [4.78, 5) is 14.1. The SMILES string of the molecule is CCn1cc(CN2C(=O)/C(=C\c3cc(C)n(C)n3)NC2=S)cn1. The van der Waals surface area contributed by atoms with Crippen molar-refractivity contribution in [3.63, 3.8) is 0 Å². The molecule has 0 spiro atoms. The van der Waals surface area contributed by atoms with Gasteiger partial charge in [-0.25, -0.2) is 0 Å². The highest BCUT2D eigenvalue weighted by molar-refractivity contribution is 7.80. The van der Waals surface area contributed by atoms with Crippen molar-refractivity contribution in [3.05, 3.63) is 41.1 Å². The first-order chi connectivity index (χ1) is 11.0. The number of aryl methyl sites for hydroxylation is 3. The summed E-state index contributed by atoms with van der Waals surface area (Å²) in [6.45, 7) is 5.17. The molecule has 3 heterocycles. The molecule has 1 fully saturated rings. The number of thiocarbonyl (C=S) groups is 1. The monoisotopic (exact) mass is 330 g/mol. The van der Waals surface area contributed by atoms with Crippen LogP contribution in [0.3, 0.4) is 0 Å². The van der Waals surface area contributed by atoms with E-state index in [1.807, 2.05) is 37.8 Å². The number of carbonyl (C=O) groups is 1. The lowest BCUT2D eigenvalue weighted by Crippen LogP contribution is -2.29. The third kappa shape index (κ3) is 3.02. The molecular weight excluding hydrogens is 312 g/mol. The average molecular weight is 330 g/mol. The minimum Gasteiger partial charge on any atom is -0.328 e. The molecule has 1 saturated heterocycles. The molecule has 120 valence electrons. The van der Waals surface area contributed by atoms with Gasteiger partial charge in [-0.15, -0.1) is 0 Å². The Morgan fingerprint density at radius 2 is 2.22 bits per heavy atom. The summed E-state index contributed by atoms with van der Waals surface area (Å²) >= 11 is 5.28. The average Bonchev–Trinajstić information content (AvgIpc) is 3.16. The largest absolute Gasteiger partial charge is 0.328 e. The van der Waals surface area contributed by atoms with Gasteiger partial charge in [0.2, 0.25) is 0 Å². The maximum atomic E-state index is 12.5. The predicted octanol–water partition coefficient (Wildman–Crippen LogP) is 1.20. The van der Waals surface area contributed by atoms with Gasteiger partial charge in [0.25, 0.3) is 5.91 Å². The van der Waals surface area contributed by atoms with Crippen LogP contribution in [0.4, 0.5) is 0 Å². The molecule has 0 bridgehead atoms. The molecule has 1 aliphatic rings. The molecule has 0 atom stereocenters. The van der Waals surface area contributed by atoms with Crippen LogP contribution in [0.2, 0.25) is 0 Å². The first-order valence-electron chi connectivity index (χ1n) is 7.34. The van der Waals surface area contributed by atoms with Crippen LogP contribution in [0, 0.1) is 6.92 Å². The Labute approximate surface area is 139 Å². The van der Waals surface area contributed by atoms with Crippen molar-refractivity contribution in [3.8, 4) is 0 Å². The van der Waals surface area contributed by atoms with Gasteiger partial charge in [-0.1, -0.05) is 0 Å². The molecule has 3 rings (SSSR count). The van der Waals surface area contributed by atoms with Crippen molar-refractivity contribution in [1.29, 1.82) is 0 Å². The Bertz CT molecular complexity index is 783. The van der Waals surface area contributed by atoms with Gasteiger partial charge >= 0.3 is 0 Å². The molecule has 0 radical (unpaired) electrons. The number of hydrogen-bond acceptors (Lipinski definition) is 4. The van der Waals surface area contributed by atoms with Gasteiger partial charge in [0.05, 0.1) is 18.4 Å². The summed E-state index contributed by atoms with van der Waals surface area (Å²) < 4.78 is 3.58. The predicted molar refractivity (Wildman–Crippen MR) is 90.1 cm³/mol. The van der Waals surface area contributed by atoms with E-state index in [1.165, 1.54) is 4.90 Å². The van der Waals surface area contributed by atoms with E-state index in [0.29, 0.717) is 17.4 Å². The number of carbonyl (C=O) groups excluding carboxylic acids is 1. The van der Waals surface area contributed by atoms with Crippen LogP contribution < -0.4 is 5.32 Å². The second kappa shape index (κ2) is 5.96. The number of amides is 1. The topological polar surface area (TPSA) is 68.0 Å². The normalized spacial score (nSPS) is 16.5. The second-order valence-electron chi connectivity index (χ2n) is 5.42. The zero-order chi connectivity index (χ0) is 16.6. The molecule has 0 saturated carbocycles.